The van der Waals surface area contributed by atoms with Crippen LogP contribution in [0, 0.1) is 0 Å². The minimum Gasteiger partial charge on any atom is -0.356 e. The number of nitrogens with one attached hydrogen (secondary N) is 2. The van der Waals surface area contributed by atoms with Crippen molar-refractivity contribution in [2.24, 2.45) is 4.99 Å². The summed E-state index contributed by atoms with van der Waals surface area (Å²) in [5, 5.41) is 6.72. The molecule has 3 nitrogen and oxygen atoms in total. The number of halogens is 1. The highest BCUT2D eigenvalue weighted by Crippen LogP contribution is 2.19. The van der Waals surface area contributed by atoms with Crippen molar-refractivity contribution in [3.05, 3.63) is 11.6 Å². The fraction of sp³-hybridized carbons (Fsp3) is 0.769. The summed E-state index contributed by atoms with van der Waals surface area (Å²) in [6, 6.07) is 0.483. The van der Waals surface area contributed by atoms with Crippen molar-refractivity contribution < 1.29 is 0 Å². The monoisotopic (exact) mass is 351 g/mol. The van der Waals surface area contributed by atoms with Crippen LogP contribution in [0.25, 0.3) is 0 Å². The molecule has 0 aromatic heterocycles. The first-order valence-electron chi connectivity index (χ1n) is 6.41. The number of nitrogens with zero attached hydrogens (tertiary/aromatic N) is 1. The smallest absolute Gasteiger partial charge is 0.191 e. The molecule has 0 aromatic carbocycles. The van der Waals surface area contributed by atoms with E-state index in [2.05, 4.69) is 35.5 Å². The SMILES string of the molecule is CCC(C)NC(=NC)NCCC1=CCCC1.I. The van der Waals surface area contributed by atoms with Crippen molar-refractivity contribution in [2.75, 3.05) is 13.6 Å². The lowest BCUT2D eigenvalue weighted by atomic mass is 10.2. The van der Waals surface area contributed by atoms with Crippen LogP contribution in [0.4, 0.5) is 0 Å². The summed E-state index contributed by atoms with van der Waals surface area (Å²) in [7, 11) is 1.83. The van der Waals surface area contributed by atoms with Crippen molar-refractivity contribution >= 4 is 29.9 Å². The van der Waals surface area contributed by atoms with Gasteiger partial charge in [-0.15, -0.1) is 24.0 Å². The highest BCUT2D eigenvalue weighted by atomic mass is 127. The maximum absolute atomic E-state index is 4.22. The molecule has 0 spiro atoms. The molecule has 1 aliphatic carbocycles. The van der Waals surface area contributed by atoms with E-state index in [-0.39, 0.29) is 24.0 Å². The van der Waals surface area contributed by atoms with Gasteiger partial charge in [0.15, 0.2) is 5.96 Å². The van der Waals surface area contributed by atoms with Crippen LogP contribution in [-0.4, -0.2) is 25.6 Å². The average molecular weight is 351 g/mol. The Labute approximate surface area is 123 Å². The van der Waals surface area contributed by atoms with Crippen LogP contribution in [0.15, 0.2) is 16.6 Å². The Morgan fingerprint density at radius 1 is 1.53 bits per heavy atom. The summed E-state index contributed by atoms with van der Waals surface area (Å²) >= 11 is 0. The second-order valence-corrected chi connectivity index (χ2v) is 4.46. The molecule has 0 bridgehead atoms. The van der Waals surface area contributed by atoms with Crippen LogP contribution in [0.2, 0.25) is 0 Å². The highest BCUT2D eigenvalue weighted by molar-refractivity contribution is 14.0. The van der Waals surface area contributed by atoms with Gasteiger partial charge in [-0.2, -0.15) is 0 Å². The zero-order chi connectivity index (χ0) is 11.8. The lowest BCUT2D eigenvalue weighted by Gasteiger charge is -2.16. The Kier molecular flexibility index (Phi) is 9.59. The molecule has 0 aromatic rings. The zero-order valence-corrected chi connectivity index (χ0v) is 13.6. The van der Waals surface area contributed by atoms with E-state index in [1.54, 1.807) is 5.57 Å². The van der Waals surface area contributed by atoms with Crippen LogP contribution >= 0.6 is 24.0 Å². The van der Waals surface area contributed by atoms with Crippen LogP contribution < -0.4 is 10.6 Å². The number of guanidine groups is 1. The molecule has 0 aliphatic heterocycles. The molecular formula is C13H26IN3. The molecule has 4 heteroatoms. The van der Waals surface area contributed by atoms with Crippen molar-refractivity contribution in [1.29, 1.82) is 0 Å². The van der Waals surface area contributed by atoms with E-state index in [0.29, 0.717) is 6.04 Å². The quantitative estimate of drug-likeness (QED) is 0.346. The van der Waals surface area contributed by atoms with Crippen molar-refractivity contribution in [3.63, 3.8) is 0 Å². The van der Waals surface area contributed by atoms with Gasteiger partial charge in [0.05, 0.1) is 0 Å². The van der Waals surface area contributed by atoms with Gasteiger partial charge >= 0.3 is 0 Å². The van der Waals surface area contributed by atoms with Crippen molar-refractivity contribution in [2.45, 2.75) is 52.0 Å². The Morgan fingerprint density at radius 2 is 2.29 bits per heavy atom. The van der Waals surface area contributed by atoms with Gasteiger partial charge in [-0.05, 0) is 39.0 Å². The predicted molar refractivity (Wildman–Crippen MR) is 86.2 cm³/mol. The molecule has 1 unspecified atom stereocenters. The van der Waals surface area contributed by atoms with Gasteiger partial charge in [0.25, 0.3) is 0 Å². The first kappa shape index (κ1) is 16.7. The molecule has 17 heavy (non-hydrogen) atoms. The summed E-state index contributed by atoms with van der Waals surface area (Å²) < 4.78 is 0. The third-order valence-electron chi connectivity index (χ3n) is 3.09. The predicted octanol–water partition coefficient (Wildman–Crippen LogP) is 3.07. The van der Waals surface area contributed by atoms with Gasteiger partial charge in [-0.1, -0.05) is 18.6 Å². The minimum atomic E-state index is 0. The molecule has 0 saturated carbocycles. The average Bonchev–Trinajstić information content (AvgIpc) is 2.80. The molecule has 2 N–H and O–H groups in total. The second kappa shape index (κ2) is 9.74. The van der Waals surface area contributed by atoms with Gasteiger partial charge in [0, 0.05) is 19.6 Å². The first-order chi connectivity index (χ1) is 7.76. The van der Waals surface area contributed by atoms with Gasteiger partial charge in [0.2, 0.25) is 0 Å². The van der Waals surface area contributed by atoms with Crippen molar-refractivity contribution in [3.8, 4) is 0 Å². The number of hydrogen-bond donors (Lipinski definition) is 2. The number of rotatable bonds is 5. The standard InChI is InChI=1S/C13H25N3.HI/c1-4-11(2)16-13(14-3)15-10-9-12-7-5-6-8-12;/h7,11H,4-6,8-10H2,1-3H3,(H2,14,15,16);1H. The number of aliphatic imine (C=N–C) groups is 1. The fourth-order valence-electron chi connectivity index (χ4n) is 1.84. The molecule has 1 atom stereocenters. The summed E-state index contributed by atoms with van der Waals surface area (Å²) in [5.41, 5.74) is 1.60. The molecule has 0 fully saturated rings. The molecule has 0 saturated heterocycles. The summed E-state index contributed by atoms with van der Waals surface area (Å²) in [4.78, 5) is 4.22. The topological polar surface area (TPSA) is 36.4 Å². The van der Waals surface area contributed by atoms with Crippen LogP contribution in [-0.2, 0) is 0 Å². The van der Waals surface area contributed by atoms with Crippen LogP contribution in [0.5, 0.6) is 0 Å². The van der Waals surface area contributed by atoms with Gasteiger partial charge < -0.3 is 10.6 Å². The zero-order valence-electron chi connectivity index (χ0n) is 11.3. The number of allylic oxidation sites excluding steroid dienone is 1. The Balaban J connectivity index is 0.00000256. The summed E-state index contributed by atoms with van der Waals surface area (Å²) in [6.45, 7) is 5.34. The normalized spacial score (nSPS) is 17.1. The second-order valence-electron chi connectivity index (χ2n) is 4.46. The molecule has 100 valence electrons. The number of hydrogen-bond acceptors (Lipinski definition) is 1. The molecule has 0 heterocycles. The maximum atomic E-state index is 4.22. The molecule has 1 rings (SSSR count). The highest BCUT2D eigenvalue weighted by Gasteiger charge is 2.05. The lowest BCUT2D eigenvalue weighted by Crippen LogP contribution is -2.42. The van der Waals surface area contributed by atoms with Gasteiger partial charge in [0.1, 0.15) is 0 Å². The van der Waals surface area contributed by atoms with E-state index in [4.69, 9.17) is 0 Å². The molecular weight excluding hydrogens is 325 g/mol. The Morgan fingerprint density at radius 3 is 2.82 bits per heavy atom. The maximum Gasteiger partial charge on any atom is 0.191 e. The van der Waals surface area contributed by atoms with E-state index in [0.717, 1.165) is 25.3 Å². The third kappa shape index (κ3) is 6.91. The van der Waals surface area contributed by atoms with E-state index in [1.807, 2.05) is 7.05 Å². The minimum absolute atomic E-state index is 0. The summed E-state index contributed by atoms with van der Waals surface area (Å²) in [5.74, 6) is 0.924. The van der Waals surface area contributed by atoms with E-state index >= 15 is 0 Å². The third-order valence-corrected chi connectivity index (χ3v) is 3.09. The molecule has 0 radical (unpaired) electrons. The van der Waals surface area contributed by atoms with Gasteiger partial charge in [-0.3, -0.25) is 4.99 Å². The fourth-order valence-corrected chi connectivity index (χ4v) is 1.84. The van der Waals surface area contributed by atoms with Gasteiger partial charge in [-0.25, -0.2) is 0 Å². The Bertz CT molecular complexity index is 261. The largest absolute Gasteiger partial charge is 0.356 e. The first-order valence-corrected chi connectivity index (χ1v) is 6.41. The van der Waals surface area contributed by atoms with Crippen LogP contribution in [0.3, 0.4) is 0 Å². The van der Waals surface area contributed by atoms with E-state index in [9.17, 15) is 0 Å². The molecule has 0 amide bonds. The van der Waals surface area contributed by atoms with E-state index < -0.39 is 0 Å². The lowest BCUT2D eigenvalue weighted by molar-refractivity contribution is 0.623. The van der Waals surface area contributed by atoms with Crippen molar-refractivity contribution in [1.82, 2.24) is 10.6 Å². The van der Waals surface area contributed by atoms with E-state index in [1.165, 1.54) is 19.3 Å². The van der Waals surface area contributed by atoms with Crippen LogP contribution in [0.1, 0.15) is 46.0 Å². The summed E-state index contributed by atoms with van der Waals surface area (Å²) in [6.07, 6.45) is 8.56. The molecule has 1 aliphatic rings. The Hall–Kier alpha value is -0.260.